The zero-order valence-corrected chi connectivity index (χ0v) is 12.7. The van der Waals surface area contributed by atoms with E-state index in [0.29, 0.717) is 5.92 Å². The van der Waals surface area contributed by atoms with E-state index in [4.69, 9.17) is 5.11 Å². The number of hydrogen-bond donors (Lipinski definition) is 3. The van der Waals surface area contributed by atoms with Gasteiger partial charge < -0.3 is 15.7 Å². The topological polar surface area (TPSA) is 70.1 Å². The van der Waals surface area contributed by atoms with Gasteiger partial charge in [-0.25, -0.2) is 9.97 Å². The van der Waals surface area contributed by atoms with Crippen LogP contribution in [0.3, 0.4) is 0 Å². The normalized spacial score (nSPS) is 16.0. The second kappa shape index (κ2) is 6.88. The van der Waals surface area contributed by atoms with Gasteiger partial charge in [-0.15, -0.1) is 0 Å². The van der Waals surface area contributed by atoms with Crippen molar-refractivity contribution in [1.82, 2.24) is 9.97 Å². The lowest BCUT2D eigenvalue weighted by Crippen LogP contribution is -2.17. The van der Waals surface area contributed by atoms with Gasteiger partial charge >= 0.3 is 0 Å². The van der Waals surface area contributed by atoms with Crippen LogP contribution in [-0.4, -0.2) is 34.8 Å². The van der Waals surface area contributed by atoms with E-state index in [2.05, 4.69) is 27.5 Å². The van der Waals surface area contributed by atoms with Crippen molar-refractivity contribution < 1.29 is 5.11 Å². The van der Waals surface area contributed by atoms with Crippen molar-refractivity contribution >= 4 is 11.6 Å². The number of aromatic nitrogens is 2. The van der Waals surface area contributed by atoms with Gasteiger partial charge in [0.25, 0.3) is 0 Å². The zero-order chi connectivity index (χ0) is 14.5. The molecule has 0 amide bonds. The van der Waals surface area contributed by atoms with Crippen molar-refractivity contribution in [3.63, 3.8) is 0 Å². The molecule has 1 aliphatic carbocycles. The number of aliphatic hydroxyl groups is 1. The second-order valence-electron chi connectivity index (χ2n) is 5.77. The van der Waals surface area contributed by atoms with E-state index >= 15 is 0 Å². The van der Waals surface area contributed by atoms with E-state index in [-0.39, 0.29) is 12.5 Å². The first-order valence-electron chi connectivity index (χ1n) is 7.62. The van der Waals surface area contributed by atoms with E-state index in [9.17, 15) is 0 Å². The first-order valence-corrected chi connectivity index (χ1v) is 7.62. The maximum Gasteiger partial charge on any atom is 0.136 e. The van der Waals surface area contributed by atoms with Crippen molar-refractivity contribution in [1.29, 1.82) is 0 Å². The molecule has 112 valence electrons. The summed E-state index contributed by atoms with van der Waals surface area (Å²) in [6, 6.07) is 0. The fourth-order valence-corrected chi connectivity index (χ4v) is 1.98. The third-order valence-corrected chi connectivity index (χ3v) is 3.58. The number of nitrogens with one attached hydrogen (secondary N) is 2. The Bertz CT molecular complexity index is 446. The number of rotatable bonds is 8. The number of hydrogen-bond acceptors (Lipinski definition) is 5. The Morgan fingerprint density at radius 3 is 2.45 bits per heavy atom. The van der Waals surface area contributed by atoms with Crippen LogP contribution in [0.5, 0.6) is 0 Å². The van der Waals surface area contributed by atoms with Gasteiger partial charge in [0.1, 0.15) is 17.5 Å². The van der Waals surface area contributed by atoms with Gasteiger partial charge in [-0.3, -0.25) is 0 Å². The minimum absolute atomic E-state index is 0.188. The lowest BCUT2D eigenvalue weighted by Gasteiger charge is -2.16. The molecule has 0 bridgehead atoms. The van der Waals surface area contributed by atoms with Gasteiger partial charge in [0.05, 0.1) is 0 Å². The summed E-state index contributed by atoms with van der Waals surface area (Å²) in [6.07, 6.45) is 3.47. The molecule has 1 aliphatic rings. The van der Waals surface area contributed by atoms with Gasteiger partial charge in [0, 0.05) is 31.2 Å². The van der Waals surface area contributed by atoms with Crippen molar-refractivity contribution in [3.05, 3.63) is 11.4 Å². The quantitative estimate of drug-likeness (QED) is 0.681. The molecule has 5 nitrogen and oxygen atoms in total. The molecule has 1 saturated carbocycles. The molecule has 0 saturated heterocycles. The summed E-state index contributed by atoms with van der Waals surface area (Å²) < 4.78 is 0. The van der Waals surface area contributed by atoms with Gasteiger partial charge in [-0.2, -0.15) is 0 Å². The van der Waals surface area contributed by atoms with Gasteiger partial charge in [-0.1, -0.05) is 13.8 Å². The number of aliphatic hydroxyl groups excluding tert-OH is 1. The lowest BCUT2D eigenvalue weighted by atomic mass is 10.2. The maximum absolute atomic E-state index is 9.12. The van der Waals surface area contributed by atoms with Crippen LogP contribution < -0.4 is 10.6 Å². The van der Waals surface area contributed by atoms with Gasteiger partial charge in [0.2, 0.25) is 0 Å². The molecule has 0 spiro atoms. The van der Waals surface area contributed by atoms with E-state index in [1.807, 2.05) is 13.8 Å². The summed E-state index contributed by atoms with van der Waals surface area (Å²) in [4.78, 5) is 9.33. The standard InChI is InChI=1S/C15H26N4O/c1-4-7-16-13-11(3)14(17-8-10(2)9-20)19-15(18-13)12-5-6-12/h10,12,20H,4-9H2,1-3H3,(H2,16,17,18,19). The summed E-state index contributed by atoms with van der Waals surface area (Å²) in [5.41, 5.74) is 1.06. The minimum Gasteiger partial charge on any atom is -0.396 e. The summed E-state index contributed by atoms with van der Waals surface area (Å²) in [6.45, 7) is 8.04. The highest BCUT2D eigenvalue weighted by molar-refractivity contribution is 5.57. The number of anilines is 2. The van der Waals surface area contributed by atoms with Crippen LogP contribution in [0.1, 0.15) is 50.4 Å². The van der Waals surface area contributed by atoms with Crippen molar-refractivity contribution in [3.8, 4) is 0 Å². The molecule has 1 unspecified atom stereocenters. The third-order valence-electron chi connectivity index (χ3n) is 3.58. The predicted octanol–water partition coefficient (Wildman–Crippen LogP) is 2.52. The van der Waals surface area contributed by atoms with Crippen molar-refractivity contribution in [2.75, 3.05) is 30.3 Å². The fraction of sp³-hybridized carbons (Fsp3) is 0.733. The Morgan fingerprint density at radius 1 is 1.25 bits per heavy atom. The van der Waals surface area contributed by atoms with Gasteiger partial charge in [-0.05, 0) is 32.1 Å². The zero-order valence-electron chi connectivity index (χ0n) is 12.7. The average Bonchev–Trinajstić information content (AvgIpc) is 3.29. The molecule has 1 atom stereocenters. The Morgan fingerprint density at radius 2 is 1.90 bits per heavy atom. The smallest absolute Gasteiger partial charge is 0.136 e. The average molecular weight is 278 g/mol. The molecule has 1 heterocycles. The Balaban J connectivity index is 2.16. The highest BCUT2D eigenvalue weighted by Crippen LogP contribution is 2.39. The van der Waals surface area contributed by atoms with Crippen LogP contribution in [0.2, 0.25) is 0 Å². The summed E-state index contributed by atoms with van der Waals surface area (Å²) in [5.74, 6) is 3.56. The highest BCUT2D eigenvalue weighted by Gasteiger charge is 2.28. The second-order valence-corrected chi connectivity index (χ2v) is 5.77. The Hall–Kier alpha value is -1.36. The molecule has 1 aromatic heterocycles. The maximum atomic E-state index is 9.12. The molecular weight excluding hydrogens is 252 g/mol. The Labute approximate surface area is 121 Å². The highest BCUT2D eigenvalue weighted by atomic mass is 16.3. The van der Waals surface area contributed by atoms with E-state index in [1.54, 1.807) is 0 Å². The van der Waals surface area contributed by atoms with Crippen LogP contribution in [0.15, 0.2) is 0 Å². The van der Waals surface area contributed by atoms with Crippen LogP contribution in [-0.2, 0) is 0 Å². The minimum atomic E-state index is 0.188. The molecule has 1 fully saturated rings. The molecule has 20 heavy (non-hydrogen) atoms. The lowest BCUT2D eigenvalue weighted by molar-refractivity contribution is 0.244. The van der Waals surface area contributed by atoms with E-state index in [0.717, 1.165) is 42.5 Å². The first kappa shape index (κ1) is 15.0. The largest absolute Gasteiger partial charge is 0.396 e. The van der Waals surface area contributed by atoms with Crippen molar-refractivity contribution in [2.24, 2.45) is 5.92 Å². The number of nitrogens with zero attached hydrogens (tertiary/aromatic N) is 2. The first-order chi connectivity index (χ1) is 9.65. The van der Waals surface area contributed by atoms with Crippen LogP contribution in [0, 0.1) is 12.8 Å². The Kier molecular flexibility index (Phi) is 5.17. The molecule has 0 radical (unpaired) electrons. The molecule has 1 aromatic rings. The molecule has 0 aliphatic heterocycles. The van der Waals surface area contributed by atoms with Crippen LogP contribution >= 0.6 is 0 Å². The molecule has 2 rings (SSSR count). The summed E-state index contributed by atoms with van der Waals surface area (Å²) >= 11 is 0. The van der Waals surface area contributed by atoms with Crippen LogP contribution in [0.4, 0.5) is 11.6 Å². The van der Waals surface area contributed by atoms with Crippen LogP contribution in [0.25, 0.3) is 0 Å². The summed E-state index contributed by atoms with van der Waals surface area (Å²) in [5, 5.41) is 15.9. The monoisotopic (exact) mass is 278 g/mol. The predicted molar refractivity (Wildman–Crippen MR) is 82.3 cm³/mol. The molecule has 5 heteroatoms. The van der Waals surface area contributed by atoms with Gasteiger partial charge in [0.15, 0.2) is 0 Å². The molecule has 0 aromatic carbocycles. The third kappa shape index (κ3) is 3.82. The molecule has 3 N–H and O–H groups in total. The molecular formula is C15H26N4O. The van der Waals surface area contributed by atoms with E-state index < -0.39 is 0 Å². The SMILES string of the molecule is CCCNc1nc(C2CC2)nc(NCC(C)CO)c1C. The van der Waals surface area contributed by atoms with E-state index in [1.165, 1.54) is 12.8 Å². The summed E-state index contributed by atoms with van der Waals surface area (Å²) in [7, 11) is 0. The fourth-order valence-electron chi connectivity index (χ4n) is 1.98. The van der Waals surface area contributed by atoms with Crippen molar-refractivity contribution in [2.45, 2.75) is 46.0 Å².